The Bertz CT molecular complexity index is 554. The minimum Gasteiger partial charge on any atom is -0.480 e. The van der Waals surface area contributed by atoms with Gasteiger partial charge in [-0.25, -0.2) is 9.59 Å². The molecule has 20 heavy (non-hydrogen) atoms. The van der Waals surface area contributed by atoms with Crippen LogP contribution in [0.5, 0.6) is 0 Å². The Hall–Kier alpha value is -2.26. The maximum Gasteiger partial charge on any atom is 0.326 e. The van der Waals surface area contributed by atoms with E-state index >= 15 is 0 Å². The van der Waals surface area contributed by atoms with Crippen molar-refractivity contribution in [2.24, 2.45) is 0 Å². The van der Waals surface area contributed by atoms with Crippen molar-refractivity contribution in [3.63, 3.8) is 0 Å². The molecule has 0 spiro atoms. The van der Waals surface area contributed by atoms with Gasteiger partial charge in [0.25, 0.3) is 0 Å². The number of nitrogens with one attached hydrogen (secondary N) is 2. The van der Waals surface area contributed by atoms with Crippen molar-refractivity contribution in [3.05, 3.63) is 28.8 Å². The van der Waals surface area contributed by atoms with Crippen LogP contribution in [-0.2, 0) is 4.79 Å². The molecular formula is C13H14ClN3O3. The van der Waals surface area contributed by atoms with Gasteiger partial charge in [-0.2, -0.15) is 5.26 Å². The quantitative estimate of drug-likeness (QED) is 0.777. The number of rotatable bonds is 5. The lowest BCUT2D eigenvalue weighted by Gasteiger charge is -2.14. The van der Waals surface area contributed by atoms with Crippen molar-refractivity contribution in [1.82, 2.24) is 5.32 Å². The third kappa shape index (κ3) is 4.44. The second-order valence-electron chi connectivity index (χ2n) is 4.08. The zero-order chi connectivity index (χ0) is 15.1. The minimum atomic E-state index is -1.10. The van der Waals surface area contributed by atoms with E-state index in [1.807, 2.05) is 13.0 Å². The highest BCUT2D eigenvalue weighted by Crippen LogP contribution is 2.20. The van der Waals surface area contributed by atoms with E-state index in [2.05, 4.69) is 10.6 Å². The minimum absolute atomic E-state index is 0.234. The topological polar surface area (TPSA) is 102 Å². The first-order chi connectivity index (χ1) is 9.47. The van der Waals surface area contributed by atoms with E-state index in [9.17, 15) is 9.59 Å². The molecule has 0 saturated carbocycles. The molecular weight excluding hydrogens is 282 g/mol. The first kappa shape index (κ1) is 15.8. The Labute approximate surface area is 121 Å². The lowest BCUT2D eigenvalue weighted by Crippen LogP contribution is -2.43. The maximum absolute atomic E-state index is 11.7. The fraction of sp³-hybridized carbons (Fsp3) is 0.308. The van der Waals surface area contributed by atoms with Crippen molar-refractivity contribution in [1.29, 1.82) is 5.26 Å². The predicted octanol–water partition coefficient (Wildman–Crippen LogP) is 2.59. The van der Waals surface area contributed by atoms with Crippen LogP contribution >= 0.6 is 11.6 Å². The van der Waals surface area contributed by atoms with Crippen LogP contribution in [0.15, 0.2) is 18.2 Å². The molecule has 0 radical (unpaired) electrons. The van der Waals surface area contributed by atoms with Crippen LogP contribution in [0.25, 0.3) is 0 Å². The van der Waals surface area contributed by atoms with E-state index in [4.69, 9.17) is 22.0 Å². The number of hydrogen-bond acceptors (Lipinski definition) is 3. The summed E-state index contributed by atoms with van der Waals surface area (Å²) in [7, 11) is 0. The van der Waals surface area contributed by atoms with Crippen LogP contribution in [0.1, 0.15) is 25.3 Å². The molecule has 1 unspecified atom stereocenters. The van der Waals surface area contributed by atoms with E-state index in [1.165, 1.54) is 18.2 Å². The van der Waals surface area contributed by atoms with Crippen LogP contribution in [0.4, 0.5) is 10.5 Å². The van der Waals surface area contributed by atoms with Crippen molar-refractivity contribution >= 4 is 29.3 Å². The number of halogens is 1. The predicted molar refractivity (Wildman–Crippen MR) is 74.7 cm³/mol. The number of urea groups is 1. The van der Waals surface area contributed by atoms with Gasteiger partial charge in [-0.3, -0.25) is 0 Å². The second kappa shape index (κ2) is 7.36. The van der Waals surface area contributed by atoms with Gasteiger partial charge in [-0.15, -0.1) is 0 Å². The number of aliphatic carboxylic acids is 1. The van der Waals surface area contributed by atoms with Gasteiger partial charge in [0.05, 0.1) is 11.3 Å². The Morgan fingerprint density at radius 1 is 1.50 bits per heavy atom. The number of hydrogen-bond donors (Lipinski definition) is 3. The van der Waals surface area contributed by atoms with Crippen LogP contribution in [-0.4, -0.2) is 23.1 Å². The second-order valence-corrected chi connectivity index (χ2v) is 4.52. The smallest absolute Gasteiger partial charge is 0.326 e. The zero-order valence-electron chi connectivity index (χ0n) is 10.8. The maximum atomic E-state index is 11.7. The van der Waals surface area contributed by atoms with Crippen molar-refractivity contribution < 1.29 is 14.7 Å². The van der Waals surface area contributed by atoms with Crippen LogP contribution < -0.4 is 10.6 Å². The molecule has 1 rings (SSSR count). The summed E-state index contributed by atoms with van der Waals surface area (Å²) in [6.07, 6.45) is 0.946. The summed E-state index contributed by atoms with van der Waals surface area (Å²) in [4.78, 5) is 22.7. The average Bonchev–Trinajstić information content (AvgIpc) is 2.38. The molecule has 0 heterocycles. The molecule has 0 fully saturated rings. The van der Waals surface area contributed by atoms with Crippen molar-refractivity contribution in [3.8, 4) is 6.07 Å². The average molecular weight is 296 g/mol. The Morgan fingerprint density at radius 2 is 2.20 bits per heavy atom. The summed E-state index contributed by atoms with van der Waals surface area (Å²) in [5.41, 5.74) is 0.477. The highest BCUT2D eigenvalue weighted by atomic mass is 35.5. The number of carbonyl (C=O) groups excluding carboxylic acids is 1. The van der Waals surface area contributed by atoms with Gasteiger partial charge in [0, 0.05) is 5.02 Å². The molecule has 3 N–H and O–H groups in total. The van der Waals surface area contributed by atoms with Crippen molar-refractivity contribution in [2.75, 3.05) is 5.32 Å². The largest absolute Gasteiger partial charge is 0.480 e. The fourth-order valence-electron chi connectivity index (χ4n) is 1.58. The van der Waals surface area contributed by atoms with Gasteiger partial charge in [0.1, 0.15) is 12.1 Å². The molecule has 1 aromatic rings. The Morgan fingerprint density at radius 3 is 2.75 bits per heavy atom. The molecule has 0 aliphatic heterocycles. The van der Waals surface area contributed by atoms with E-state index in [-0.39, 0.29) is 11.3 Å². The summed E-state index contributed by atoms with van der Waals surface area (Å²) in [5, 5.41) is 23.0. The lowest BCUT2D eigenvalue weighted by atomic mass is 10.1. The van der Waals surface area contributed by atoms with Crippen molar-refractivity contribution in [2.45, 2.75) is 25.8 Å². The van der Waals surface area contributed by atoms with Crippen LogP contribution in [0, 0.1) is 11.3 Å². The fourth-order valence-corrected chi connectivity index (χ4v) is 1.75. The van der Waals surface area contributed by atoms with Gasteiger partial charge in [-0.05, 0) is 24.6 Å². The van der Waals surface area contributed by atoms with Gasteiger partial charge in [0.2, 0.25) is 0 Å². The summed E-state index contributed by atoms with van der Waals surface area (Å²) in [6, 6.07) is 4.68. The summed E-state index contributed by atoms with van der Waals surface area (Å²) >= 11 is 5.79. The molecule has 1 atom stereocenters. The van der Waals surface area contributed by atoms with E-state index in [0.717, 1.165) is 0 Å². The van der Waals surface area contributed by atoms with Crippen LogP contribution in [0.3, 0.4) is 0 Å². The molecule has 106 valence electrons. The zero-order valence-corrected chi connectivity index (χ0v) is 11.6. The highest BCUT2D eigenvalue weighted by molar-refractivity contribution is 6.31. The summed E-state index contributed by atoms with van der Waals surface area (Å²) < 4.78 is 0. The molecule has 6 nitrogen and oxygen atoms in total. The Kier molecular flexibility index (Phi) is 5.81. The first-order valence-electron chi connectivity index (χ1n) is 5.98. The monoisotopic (exact) mass is 295 g/mol. The van der Waals surface area contributed by atoms with Gasteiger partial charge < -0.3 is 15.7 Å². The first-order valence-corrected chi connectivity index (χ1v) is 6.35. The lowest BCUT2D eigenvalue weighted by molar-refractivity contribution is -0.139. The summed E-state index contributed by atoms with van der Waals surface area (Å²) in [5.74, 6) is -1.10. The number of anilines is 1. The molecule has 0 aliphatic carbocycles. The third-order valence-electron chi connectivity index (χ3n) is 2.53. The summed E-state index contributed by atoms with van der Waals surface area (Å²) in [6.45, 7) is 1.82. The number of nitrogens with zero attached hydrogens (tertiary/aromatic N) is 1. The van der Waals surface area contributed by atoms with Crippen LogP contribution in [0.2, 0.25) is 5.02 Å². The van der Waals surface area contributed by atoms with Gasteiger partial charge in [0.15, 0.2) is 0 Å². The van der Waals surface area contributed by atoms with Gasteiger partial charge in [-0.1, -0.05) is 24.9 Å². The molecule has 0 saturated heterocycles. The Balaban J connectivity index is 2.78. The van der Waals surface area contributed by atoms with E-state index in [1.54, 1.807) is 0 Å². The highest BCUT2D eigenvalue weighted by Gasteiger charge is 2.19. The SMILES string of the molecule is CCCC(NC(=O)Nc1cc(Cl)ccc1C#N)C(=O)O. The molecule has 1 aromatic carbocycles. The number of carbonyl (C=O) groups is 2. The van der Waals surface area contributed by atoms with Gasteiger partial charge >= 0.3 is 12.0 Å². The molecule has 0 aliphatic rings. The number of carboxylic acid groups (broad SMARTS) is 1. The molecule has 2 amide bonds. The van der Waals surface area contributed by atoms with E-state index < -0.39 is 18.0 Å². The number of amides is 2. The van der Waals surface area contributed by atoms with E-state index in [0.29, 0.717) is 17.9 Å². The number of nitriles is 1. The standard InChI is InChI=1S/C13H14ClN3O3/c1-2-3-10(12(18)19)16-13(20)17-11-6-9(14)5-4-8(11)7-15/h4-6,10H,2-3H2,1H3,(H,18,19)(H2,16,17,20). The molecule has 0 bridgehead atoms. The number of carboxylic acids is 1. The molecule has 0 aromatic heterocycles. The number of benzene rings is 1. The third-order valence-corrected chi connectivity index (χ3v) is 2.77. The normalized spacial score (nSPS) is 11.2. The molecule has 7 heteroatoms.